The Hall–Kier alpha value is -0.160. The standard InChI is InChI=1S/C23H48N2O2/c1-21(2)22(3)27-19-9-7-8-12-24-13-15-25(16-14-24)17-20-26-18-10-11-23(4,5)6/h21-22H,7-20H2,1-6H3/t22-/m0/s1. The third-order valence-corrected chi connectivity index (χ3v) is 5.67. The number of unbranched alkanes of at least 4 members (excludes halogenated alkanes) is 2. The van der Waals surface area contributed by atoms with Gasteiger partial charge in [0.1, 0.15) is 0 Å². The van der Waals surface area contributed by atoms with Crippen molar-refractivity contribution >= 4 is 0 Å². The fraction of sp³-hybridized carbons (Fsp3) is 1.00. The molecule has 1 saturated heterocycles. The SMILES string of the molecule is CC(C)[C@H](C)OCCCCCN1CCN(CCOCCCC(C)(C)C)CC1. The molecule has 4 heteroatoms. The molecular formula is C23H48N2O2. The Kier molecular flexibility index (Phi) is 12.8. The quantitative estimate of drug-likeness (QED) is 0.406. The molecule has 0 aliphatic carbocycles. The first kappa shape index (κ1) is 24.9. The summed E-state index contributed by atoms with van der Waals surface area (Å²) in [5, 5.41) is 0. The van der Waals surface area contributed by atoms with Gasteiger partial charge in [0.25, 0.3) is 0 Å². The van der Waals surface area contributed by atoms with Gasteiger partial charge >= 0.3 is 0 Å². The molecule has 1 aliphatic rings. The van der Waals surface area contributed by atoms with Gasteiger partial charge in [0.05, 0.1) is 12.7 Å². The lowest BCUT2D eigenvalue weighted by Crippen LogP contribution is -2.47. The van der Waals surface area contributed by atoms with E-state index in [2.05, 4.69) is 51.3 Å². The number of piperazine rings is 1. The molecule has 1 fully saturated rings. The molecule has 0 spiro atoms. The molecule has 27 heavy (non-hydrogen) atoms. The first-order valence-corrected chi connectivity index (χ1v) is 11.4. The van der Waals surface area contributed by atoms with Crippen molar-refractivity contribution in [2.24, 2.45) is 11.3 Å². The zero-order valence-electron chi connectivity index (χ0n) is 19.3. The molecule has 0 N–H and O–H groups in total. The van der Waals surface area contributed by atoms with Crippen LogP contribution in [-0.2, 0) is 9.47 Å². The Bertz CT molecular complexity index is 347. The zero-order chi connectivity index (χ0) is 20.1. The molecule has 0 saturated carbocycles. The van der Waals surface area contributed by atoms with Gasteiger partial charge in [-0.2, -0.15) is 0 Å². The molecule has 0 amide bonds. The maximum absolute atomic E-state index is 5.86. The molecule has 0 unspecified atom stereocenters. The van der Waals surface area contributed by atoms with Crippen molar-refractivity contribution in [3.63, 3.8) is 0 Å². The molecule has 4 nitrogen and oxygen atoms in total. The normalized spacial score (nSPS) is 18.3. The van der Waals surface area contributed by atoms with Crippen molar-refractivity contribution in [3.8, 4) is 0 Å². The summed E-state index contributed by atoms with van der Waals surface area (Å²) in [4.78, 5) is 5.18. The summed E-state index contributed by atoms with van der Waals surface area (Å²) in [5.74, 6) is 0.621. The van der Waals surface area contributed by atoms with Gasteiger partial charge < -0.3 is 14.4 Å². The molecule has 0 aromatic rings. The second-order valence-corrected chi connectivity index (χ2v) is 9.84. The van der Waals surface area contributed by atoms with Crippen LogP contribution in [0.15, 0.2) is 0 Å². The van der Waals surface area contributed by atoms with Crippen LogP contribution in [0.4, 0.5) is 0 Å². The van der Waals surface area contributed by atoms with Gasteiger partial charge in [-0.25, -0.2) is 0 Å². The van der Waals surface area contributed by atoms with Gasteiger partial charge in [-0.15, -0.1) is 0 Å². The summed E-state index contributed by atoms with van der Waals surface area (Å²) in [6.07, 6.45) is 6.60. The largest absolute Gasteiger partial charge is 0.380 e. The lowest BCUT2D eigenvalue weighted by atomic mass is 9.91. The van der Waals surface area contributed by atoms with Crippen molar-refractivity contribution in [1.29, 1.82) is 0 Å². The van der Waals surface area contributed by atoms with Gasteiger partial charge in [0.2, 0.25) is 0 Å². The topological polar surface area (TPSA) is 24.9 Å². The third-order valence-electron chi connectivity index (χ3n) is 5.67. The molecule has 0 aromatic carbocycles. The predicted molar refractivity (Wildman–Crippen MR) is 116 cm³/mol. The van der Waals surface area contributed by atoms with Crippen LogP contribution in [0.1, 0.15) is 73.6 Å². The molecule has 1 rings (SSSR count). The van der Waals surface area contributed by atoms with E-state index < -0.39 is 0 Å². The Balaban J connectivity index is 1.92. The summed E-state index contributed by atoms with van der Waals surface area (Å²) in [7, 11) is 0. The Labute approximate surface area is 170 Å². The fourth-order valence-corrected chi connectivity index (χ4v) is 3.31. The minimum Gasteiger partial charge on any atom is -0.380 e. The first-order chi connectivity index (χ1) is 12.8. The van der Waals surface area contributed by atoms with Crippen molar-refractivity contribution in [1.82, 2.24) is 9.80 Å². The Morgan fingerprint density at radius 3 is 1.96 bits per heavy atom. The summed E-state index contributed by atoms with van der Waals surface area (Å²) in [6, 6.07) is 0. The lowest BCUT2D eigenvalue weighted by Gasteiger charge is -2.34. The van der Waals surface area contributed by atoms with E-state index in [0.717, 1.165) is 26.4 Å². The summed E-state index contributed by atoms with van der Waals surface area (Å²) < 4.78 is 11.7. The number of hydrogen-bond donors (Lipinski definition) is 0. The van der Waals surface area contributed by atoms with E-state index in [1.165, 1.54) is 64.8 Å². The highest BCUT2D eigenvalue weighted by Gasteiger charge is 2.16. The fourth-order valence-electron chi connectivity index (χ4n) is 3.31. The maximum atomic E-state index is 5.86. The monoisotopic (exact) mass is 384 g/mol. The molecule has 162 valence electrons. The highest BCUT2D eigenvalue weighted by atomic mass is 16.5. The van der Waals surface area contributed by atoms with E-state index in [1.807, 2.05) is 0 Å². The van der Waals surface area contributed by atoms with E-state index >= 15 is 0 Å². The van der Waals surface area contributed by atoms with Crippen molar-refractivity contribution in [2.45, 2.75) is 79.8 Å². The van der Waals surface area contributed by atoms with Crippen LogP contribution < -0.4 is 0 Å². The average molecular weight is 385 g/mol. The smallest absolute Gasteiger partial charge is 0.0593 e. The highest BCUT2D eigenvalue weighted by Crippen LogP contribution is 2.20. The van der Waals surface area contributed by atoms with Crippen LogP contribution in [0.5, 0.6) is 0 Å². The number of nitrogens with zero attached hydrogens (tertiary/aromatic N) is 2. The first-order valence-electron chi connectivity index (χ1n) is 11.4. The minimum absolute atomic E-state index is 0.389. The molecule has 0 bridgehead atoms. The highest BCUT2D eigenvalue weighted by molar-refractivity contribution is 4.71. The third kappa shape index (κ3) is 13.6. The van der Waals surface area contributed by atoms with Gasteiger partial charge in [0, 0.05) is 45.9 Å². The van der Waals surface area contributed by atoms with E-state index in [4.69, 9.17) is 9.47 Å². The van der Waals surface area contributed by atoms with Gasteiger partial charge in [-0.1, -0.05) is 34.6 Å². The zero-order valence-corrected chi connectivity index (χ0v) is 19.3. The lowest BCUT2D eigenvalue weighted by molar-refractivity contribution is 0.0326. The van der Waals surface area contributed by atoms with Crippen LogP contribution in [0.25, 0.3) is 0 Å². The molecule has 1 atom stereocenters. The summed E-state index contributed by atoms with van der Waals surface area (Å²) in [5.41, 5.74) is 0.430. The van der Waals surface area contributed by atoms with Gasteiger partial charge in [-0.3, -0.25) is 4.90 Å². The van der Waals surface area contributed by atoms with Gasteiger partial charge in [-0.05, 0) is 56.9 Å². The average Bonchev–Trinajstić information content (AvgIpc) is 2.60. The molecule has 1 heterocycles. The van der Waals surface area contributed by atoms with Crippen molar-refractivity contribution < 1.29 is 9.47 Å². The molecular weight excluding hydrogens is 336 g/mol. The van der Waals surface area contributed by atoms with E-state index in [0.29, 0.717) is 17.4 Å². The molecule has 0 aromatic heterocycles. The van der Waals surface area contributed by atoms with Crippen molar-refractivity contribution in [3.05, 3.63) is 0 Å². The molecule has 0 radical (unpaired) electrons. The van der Waals surface area contributed by atoms with E-state index in [-0.39, 0.29) is 0 Å². The van der Waals surface area contributed by atoms with Crippen LogP contribution in [0.3, 0.4) is 0 Å². The van der Waals surface area contributed by atoms with Crippen LogP contribution in [0.2, 0.25) is 0 Å². The number of ether oxygens (including phenoxy) is 2. The van der Waals surface area contributed by atoms with Crippen LogP contribution in [0, 0.1) is 11.3 Å². The Morgan fingerprint density at radius 1 is 0.741 bits per heavy atom. The van der Waals surface area contributed by atoms with Gasteiger partial charge in [0.15, 0.2) is 0 Å². The number of hydrogen-bond acceptors (Lipinski definition) is 4. The second-order valence-electron chi connectivity index (χ2n) is 9.84. The van der Waals surface area contributed by atoms with E-state index in [1.54, 1.807) is 0 Å². The second kappa shape index (κ2) is 13.9. The minimum atomic E-state index is 0.389. The van der Waals surface area contributed by atoms with E-state index in [9.17, 15) is 0 Å². The summed E-state index contributed by atoms with van der Waals surface area (Å²) in [6.45, 7) is 23.4. The predicted octanol–water partition coefficient (Wildman–Crippen LogP) is 4.68. The van der Waals surface area contributed by atoms with Crippen molar-refractivity contribution in [2.75, 3.05) is 59.1 Å². The molecule has 1 aliphatic heterocycles. The Morgan fingerprint density at radius 2 is 1.37 bits per heavy atom. The number of rotatable bonds is 14. The van der Waals surface area contributed by atoms with Crippen LogP contribution in [-0.4, -0.2) is 75.0 Å². The van der Waals surface area contributed by atoms with Crippen LogP contribution >= 0.6 is 0 Å². The summed E-state index contributed by atoms with van der Waals surface area (Å²) >= 11 is 0. The maximum Gasteiger partial charge on any atom is 0.0593 e.